The predicted molar refractivity (Wildman–Crippen MR) is 55.3 cm³/mol. The normalized spacial score (nSPS) is 12.8. The molecule has 72 valence electrons. The highest BCUT2D eigenvalue weighted by atomic mass is 32.2. The van der Waals surface area contributed by atoms with Crippen molar-refractivity contribution >= 4 is 17.7 Å². The summed E-state index contributed by atoms with van der Waals surface area (Å²) in [5, 5.41) is 0.637. The van der Waals surface area contributed by atoms with Gasteiger partial charge in [0.15, 0.2) is 0 Å². The van der Waals surface area contributed by atoms with Crippen molar-refractivity contribution in [1.29, 1.82) is 0 Å². The number of thioether (sulfide) groups is 1. The summed E-state index contributed by atoms with van der Waals surface area (Å²) >= 11 is 1.83. The molecule has 4 nitrogen and oxygen atoms in total. The number of nitrogens with two attached hydrogens (primary N) is 1. The van der Waals surface area contributed by atoms with Gasteiger partial charge < -0.3 is 5.73 Å². The third-order valence-electron chi connectivity index (χ3n) is 1.71. The number of rotatable bonds is 4. The Labute approximate surface area is 82.4 Å². The highest BCUT2D eigenvalue weighted by molar-refractivity contribution is 7.99. The van der Waals surface area contributed by atoms with Gasteiger partial charge in [-0.3, -0.25) is 0 Å². The average Bonchev–Trinajstić information content (AvgIpc) is 2.14. The molecular weight excluding hydrogens is 184 g/mol. The molecule has 1 aromatic rings. The summed E-state index contributed by atoms with van der Waals surface area (Å²) in [6.45, 7) is 4.36. The summed E-state index contributed by atoms with van der Waals surface area (Å²) in [6, 6.07) is 0. The standard InChI is InChI=1S/C8H14N4S/c1-3-6(2)13-4-7-10-5-11-8(9)12-7/h5-6H,3-4H2,1-2H3,(H2,9,10,11,12). The van der Waals surface area contributed by atoms with Crippen LogP contribution in [0.1, 0.15) is 26.1 Å². The third kappa shape index (κ3) is 3.59. The van der Waals surface area contributed by atoms with Gasteiger partial charge >= 0.3 is 0 Å². The van der Waals surface area contributed by atoms with Crippen LogP contribution >= 0.6 is 11.8 Å². The van der Waals surface area contributed by atoms with Crippen molar-refractivity contribution in [2.24, 2.45) is 0 Å². The summed E-state index contributed by atoms with van der Waals surface area (Å²) in [7, 11) is 0. The Morgan fingerprint density at radius 2 is 2.31 bits per heavy atom. The van der Waals surface area contributed by atoms with Crippen LogP contribution in [0.2, 0.25) is 0 Å². The zero-order valence-corrected chi connectivity index (χ0v) is 8.71. The molecule has 0 amide bonds. The minimum Gasteiger partial charge on any atom is -0.368 e. The Kier molecular flexibility index (Phi) is 3.95. The van der Waals surface area contributed by atoms with Crippen LogP contribution in [-0.4, -0.2) is 20.2 Å². The fourth-order valence-electron chi connectivity index (χ4n) is 0.749. The maximum Gasteiger partial charge on any atom is 0.223 e. The topological polar surface area (TPSA) is 64.7 Å². The zero-order valence-electron chi connectivity index (χ0n) is 7.90. The minimum atomic E-state index is 0.301. The van der Waals surface area contributed by atoms with Gasteiger partial charge in [-0.2, -0.15) is 16.7 Å². The molecular formula is C8H14N4S. The SMILES string of the molecule is CCC(C)SCc1ncnc(N)n1. The molecule has 0 aromatic carbocycles. The minimum absolute atomic E-state index is 0.301. The molecule has 0 radical (unpaired) electrons. The molecule has 0 saturated heterocycles. The van der Waals surface area contributed by atoms with E-state index in [9.17, 15) is 0 Å². The van der Waals surface area contributed by atoms with Crippen molar-refractivity contribution < 1.29 is 0 Å². The Morgan fingerprint density at radius 3 is 2.92 bits per heavy atom. The molecule has 0 spiro atoms. The first kappa shape index (κ1) is 10.2. The molecule has 13 heavy (non-hydrogen) atoms. The van der Waals surface area contributed by atoms with Gasteiger partial charge in [0.25, 0.3) is 0 Å². The van der Waals surface area contributed by atoms with Crippen molar-refractivity contribution in [3.8, 4) is 0 Å². The van der Waals surface area contributed by atoms with Gasteiger partial charge in [0.2, 0.25) is 5.95 Å². The summed E-state index contributed by atoms with van der Waals surface area (Å²) in [5.41, 5.74) is 5.43. The Hall–Kier alpha value is -0.840. The molecule has 2 N–H and O–H groups in total. The molecule has 0 aliphatic rings. The molecule has 1 heterocycles. The van der Waals surface area contributed by atoms with E-state index < -0.39 is 0 Å². The number of hydrogen-bond acceptors (Lipinski definition) is 5. The molecule has 0 saturated carbocycles. The molecule has 1 atom stereocenters. The van der Waals surface area contributed by atoms with Crippen LogP contribution in [0.25, 0.3) is 0 Å². The Morgan fingerprint density at radius 1 is 1.54 bits per heavy atom. The van der Waals surface area contributed by atoms with Gasteiger partial charge in [0, 0.05) is 5.25 Å². The largest absolute Gasteiger partial charge is 0.368 e. The van der Waals surface area contributed by atoms with Crippen molar-refractivity contribution in [2.45, 2.75) is 31.3 Å². The van der Waals surface area contributed by atoms with Gasteiger partial charge in [-0.15, -0.1) is 0 Å². The van der Waals surface area contributed by atoms with E-state index in [1.54, 1.807) is 0 Å². The number of hydrogen-bond donors (Lipinski definition) is 1. The van der Waals surface area contributed by atoms with Crippen LogP contribution < -0.4 is 5.73 Å². The highest BCUT2D eigenvalue weighted by Gasteiger charge is 2.02. The first-order valence-corrected chi connectivity index (χ1v) is 5.32. The van der Waals surface area contributed by atoms with E-state index in [0.29, 0.717) is 11.2 Å². The van der Waals surface area contributed by atoms with Gasteiger partial charge in [-0.25, -0.2) is 9.97 Å². The second-order valence-electron chi connectivity index (χ2n) is 2.79. The predicted octanol–water partition coefficient (Wildman–Crippen LogP) is 1.49. The van der Waals surface area contributed by atoms with Crippen LogP contribution in [-0.2, 0) is 5.75 Å². The van der Waals surface area contributed by atoms with Gasteiger partial charge in [-0.1, -0.05) is 13.8 Å². The lowest BCUT2D eigenvalue weighted by atomic mass is 10.4. The molecule has 0 aliphatic carbocycles. The van der Waals surface area contributed by atoms with Crippen LogP contribution in [0.5, 0.6) is 0 Å². The third-order valence-corrected chi connectivity index (χ3v) is 3.04. The van der Waals surface area contributed by atoms with Crippen molar-refractivity contribution in [3.63, 3.8) is 0 Å². The number of nitrogen functional groups attached to an aromatic ring is 1. The number of nitrogens with zero attached hydrogens (tertiary/aromatic N) is 3. The van der Waals surface area contributed by atoms with E-state index >= 15 is 0 Å². The van der Waals surface area contributed by atoms with Gasteiger partial charge in [0.1, 0.15) is 12.2 Å². The Bertz CT molecular complexity index is 266. The van der Waals surface area contributed by atoms with E-state index in [1.165, 1.54) is 6.33 Å². The van der Waals surface area contributed by atoms with Crippen LogP contribution in [0.4, 0.5) is 5.95 Å². The second kappa shape index (κ2) is 5.01. The fourth-order valence-corrected chi connectivity index (χ4v) is 1.56. The number of anilines is 1. The zero-order chi connectivity index (χ0) is 9.68. The maximum absolute atomic E-state index is 5.43. The van der Waals surface area contributed by atoms with Crippen LogP contribution in [0, 0.1) is 0 Å². The molecule has 1 aromatic heterocycles. The summed E-state index contributed by atoms with van der Waals surface area (Å²) < 4.78 is 0. The van der Waals surface area contributed by atoms with Crippen LogP contribution in [0.3, 0.4) is 0 Å². The second-order valence-corrected chi connectivity index (χ2v) is 4.22. The van der Waals surface area contributed by atoms with Crippen molar-refractivity contribution in [3.05, 3.63) is 12.2 Å². The van der Waals surface area contributed by atoms with Crippen molar-refractivity contribution in [1.82, 2.24) is 15.0 Å². The van der Waals surface area contributed by atoms with E-state index in [4.69, 9.17) is 5.73 Å². The molecule has 0 aliphatic heterocycles. The van der Waals surface area contributed by atoms with Crippen molar-refractivity contribution in [2.75, 3.05) is 5.73 Å². The summed E-state index contributed by atoms with van der Waals surface area (Å²) in [4.78, 5) is 11.8. The number of aromatic nitrogens is 3. The lowest BCUT2D eigenvalue weighted by Gasteiger charge is -2.06. The van der Waals surface area contributed by atoms with E-state index in [2.05, 4.69) is 28.8 Å². The first-order valence-electron chi connectivity index (χ1n) is 4.27. The molecule has 1 rings (SSSR count). The quantitative estimate of drug-likeness (QED) is 0.794. The first-order chi connectivity index (χ1) is 6.22. The molecule has 0 bridgehead atoms. The van der Waals surface area contributed by atoms with Crippen LogP contribution in [0.15, 0.2) is 6.33 Å². The molecule has 0 fully saturated rings. The fraction of sp³-hybridized carbons (Fsp3) is 0.625. The lowest BCUT2D eigenvalue weighted by molar-refractivity contribution is 0.898. The smallest absolute Gasteiger partial charge is 0.223 e. The van der Waals surface area contributed by atoms with Gasteiger partial charge in [0.05, 0.1) is 5.75 Å². The van der Waals surface area contributed by atoms with E-state index in [-0.39, 0.29) is 0 Å². The van der Waals surface area contributed by atoms with E-state index in [0.717, 1.165) is 18.0 Å². The summed E-state index contributed by atoms with van der Waals surface area (Å²) in [6.07, 6.45) is 2.61. The molecule has 1 unspecified atom stereocenters. The monoisotopic (exact) mass is 198 g/mol. The highest BCUT2D eigenvalue weighted by Crippen LogP contribution is 2.17. The lowest BCUT2D eigenvalue weighted by Crippen LogP contribution is -2.02. The summed E-state index contributed by atoms with van der Waals surface area (Å²) in [5.74, 6) is 1.87. The van der Waals surface area contributed by atoms with Gasteiger partial charge in [-0.05, 0) is 6.42 Å². The maximum atomic E-state index is 5.43. The van der Waals surface area contributed by atoms with E-state index in [1.807, 2.05) is 11.8 Å². The molecule has 5 heteroatoms. The average molecular weight is 198 g/mol. The Balaban J connectivity index is 2.45.